The van der Waals surface area contributed by atoms with Crippen LogP contribution in [0.4, 0.5) is 4.39 Å². The molecule has 5 rings (SSSR count). The van der Waals surface area contributed by atoms with E-state index in [9.17, 15) is 4.39 Å². The van der Waals surface area contributed by atoms with Gasteiger partial charge in [-0.3, -0.25) is 9.38 Å². The molecule has 1 aromatic carbocycles. The summed E-state index contributed by atoms with van der Waals surface area (Å²) in [6.07, 6.45) is 14.1. The van der Waals surface area contributed by atoms with Crippen LogP contribution < -0.4 is 0 Å². The van der Waals surface area contributed by atoms with Gasteiger partial charge in [-0.1, -0.05) is 75.8 Å². The first-order valence-corrected chi connectivity index (χ1v) is 14.7. The van der Waals surface area contributed by atoms with Crippen molar-refractivity contribution in [1.82, 2.24) is 14.7 Å². The van der Waals surface area contributed by atoms with Crippen LogP contribution in [0.2, 0.25) is 0 Å². The molecule has 5 heteroatoms. The second kappa shape index (κ2) is 11.9. The van der Waals surface area contributed by atoms with Crippen molar-refractivity contribution in [2.45, 2.75) is 65.2 Å². The van der Waals surface area contributed by atoms with Gasteiger partial charge in [-0.25, -0.2) is 4.68 Å². The Morgan fingerprint density at radius 3 is 2.49 bits per heavy atom. The smallest absolute Gasteiger partial charge is 0.104 e. The van der Waals surface area contributed by atoms with Gasteiger partial charge in [0.15, 0.2) is 0 Å². The van der Waals surface area contributed by atoms with E-state index in [1.165, 1.54) is 37.7 Å². The number of likely N-dealkylation sites (tertiary alicyclic amines) is 1. The van der Waals surface area contributed by atoms with Crippen molar-refractivity contribution in [1.29, 1.82) is 0 Å². The van der Waals surface area contributed by atoms with Crippen molar-refractivity contribution in [2.75, 3.05) is 26.3 Å². The zero-order valence-corrected chi connectivity index (χ0v) is 23.9. The minimum absolute atomic E-state index is 0.101. The van der Waals surface area contributed by atoms with Gasteiger partial charge in [0, 0.05) is 48.1 Å². The Morgan fingerprint density at radius 1 is 1.08 bits per heavy atom. The Labute approximate surface area is 233 Å². The molecule has 2 fully saturated rings. The lowest BCUT2D eigenvalue weighted by molar-refractivity contribution is 0.142. The highest BCUT2D eigenvalue weighted by Gasteiger charge is 2.33. The van der Waals surface area contributed by atoms with Crippen LogP contribution in [0.1, 0.15) is 86.4 Å². The van der Waals surface area contributed by atoms with Crippen LogP contribution in [-0.2, 0) is 0 Å². The fraction of sp³-hybridized carbons (Fsp3) is 0.471. The summed E-state index contributed by atoms with van der Waals surface area (Å²) in [5, 5.41) is 5.04. The highest BCUT2D eigenvalue weighted by atomic mass is 19.1. The predicted octanol–water partition coefficient (Wildman–Crippen LogP) is 8.18. The second-order valence-corrected chi connectivity index (χ2v) is 11.7. The maximum Gasteiger partial charge on any atom is 0.104 e. The third-order valence-electron chi connectivity index (χ3n) is 8.74. The zero-order chi connectivity index (χ0) is 27.5. The Kier molecular flexibility index (Phi) is 8.34. The molecule has 1 aliphatic carbocycles. The molecular formula is C34H43FN4. The summed E-state index contributed by atoms with van der Waals surface area (Å²) < 4.78 is 15.3. The predicted molar refractivity (Wildman–Crippen MR) is 163 cm³/mol. The third kappa shape index (κ3) is 5.88. The van der Waals surface area contributed by atoms with Crippen LogP contribution >= 0.6 is 0 Å². The molecule has 1 saturated heterocycles. The lowest BCUT2D eigenvalue weighted by Crippen LogP contribution is -2.46. The number of halogens is 1. The van der Waals surface area contributed by atoms with Crippen LogP contribution in [0.25, 0.3) is 23.0 Å². The van der Waals surface area contributed by atoms with Gasteiger partial charge in [0.2, 0.25) is 0 Å². The first-order valence-electron chi connectivity index (χ1n) is 14.7. The van der Waals surface area contributed by atoms with E-state index in [4.69, 9.17) is 10.1 Å². The Morgan fingerprint density at radius 2 is 1.79 bits per heavy atom. The summed E-state index contributed by atoms with van der Waals surface area (Å²) in [6.45, 7) is 17.1. The lowest BCUT2D eigenvalue weighted by atomic mass is 9.84. The summed E-state index contributed by atoms with van der Waals surface area (Å²) in [5.41, 5.74) is 9.23. The van der Waals surface area contributed by atoms with Crippen molar-refractivity contribution in [3.8, 4) is 0 Å². The van der Waals surface area contributed by atoms with E-state index in [0.717, 1.165) is 71.2 Å². The fourth-order valence-corrected chi connectivity index (χ4v) is 6.14. The van der Waals surface area contributed by atoms with Crippen molar-refractivity contribution in [3.63, 3.8) is 0 Å². The van der Waals surface area contributed by atoms with Gasteiger partial charge in [-0.15, -0.1) is 0 Å². The summed E-state index contributed by atoms with van der Waals surface area (Å²) in [7, 11) is 0. The van der Waals surface area contributed by atoms with E-state index in [2.05, 4.69) is 68.3 Å². The number of hydrogen-bond acceptors (Lipinski definition) is 3. The first kappa shape index (κ1) is 27.4. The van der Waals surface area contributed by atoms with E-state index in [-0.39, 0.29) is 12.6 Å². The number of nitrogens with zero attached hydrogens (tertiary/aromatic N) is 4. The molecule has 1 unspecified atom stereocenters. The highest BCUT2D eigenvalue weighted by Crippen LogP contribution is 2.37. The molecule has 39 heavy (non-hydrogen) atoms. The molecular weight excluding hydrogens is 483 g/mol. The van der Waals surface area contributed by atoms with E-state index >= 15 is 0 Å². The van der Waals surface area contributed by atoms with E-state index in [0.29, 0.717) is 11.8 Å². The molecule has 206 valence electrons. The van der Waals surface area contributed by atoms with Gasteiger partial charge < -0.3 is 4.90 Å². The summed E-state index contributed by atoms with van der Waals surface area (Å²) >= 11 is 0. The molecule has 0 N–H and O–H groups in total. The molecule has 1 aromatic heterocycles. The number of allylic oxidation sites excluding steroid dienone is 4. The number of hydrogen-bond donors (Lipinski definition) is 0. The van der Waals surface area contributed by atoms with Crippen LogP contribution in [0.3, 0.4) is 0 Å². The number of benzene rings is 1. The summed E-state index contributed by atoms with van der Waals surface area (Å²) in [5.74, 6) is 1.16. The number of alkyl halides is 1. The summed E-state index contributed by atoms with van der Waals surface area (Å²) in [4.78, 5) is 7.08. The van der Waals surface area contributed by atoms with Crippen LogP contribution in [0.15, 0.2) is 54.6 Å². The fourth-order valence-electron chi connectivity index (χ4n) is 6.14. The molecule has 3 aliphatic rings. The van der Waals surface area contributed by atoms with Gasteiger partial charge in [0.25, 0.3) is 0 Å². The lowest BCUT2D eigenvalue weighted by Gasteiger charge is -2.42. The SMILES string of the molecule is C=C1C(C)=NCCC(C)/C=C(/N2CC(CF)C2)c2c1nn(C(=C)/C=C/c1ccc(C3CCCCC3)cc1)c2C. The first-order chi connectivity index (χ1) is 18.9. The molecule has 0 radical (unpaired) electrons. The summed E-state index contributed by atoms with van der Waals surface area (Å²) in [6, 6.07) is 9.00. The minimum atomic E-state index is -0.272. The molecule has 0 amide bonds. The normalized spacial score (nSPS) is 22.7. The Hall–Kier alpha value is -3.21. The topological polar surface area (TPSA) is 33.4 Å². The number of aromatic nitrogens is 2. The van der Waals surface area contributed by atoms with Crippen LogP contribution in [0, 0.1) is 18.8 Å². The number of aliphatic imine (C=N–C) groups is 1. The van der Waals surface area contributed by atoms with Gasteiger partial charge in [-0.2, -0.15) is 5.10 Å². The van der Waals surface area contributed by atoms with Crippen LogP contribution in [-0.4, -0.2) is 46.7 Å². The van der Waals surface area contributed by atoms with Gasteiger partial charge in [-0.05, 0) is 62.1 Å². The van der Waals surface area contributed by atoms with E-state index in [1.54, 1.807) is 0 Å². The van der Waals surface area contributed by atoms with E-state index < -0.39 is 0 Å². The second-order valence-electron chi connectivity index (χ2n) is 11.7. The monoisotopic (exact) mass is 526 g/mol. The maximum absolute atomic E-state index is 13.3. The van der Waals surface area contributed by atoms with E-state index in [1.807, 2.05) is 17.7 Å². The Balaban J connectivity index is 1.45. The van der Waals surface area contributed by atoms with Crippen LogP contribution in [0.5, 0.6) is 0 Å². The molecule has 2 aliphatic heterocycles. The molecule has 2 aromatic rings. The molecule has 1 saturated carbocycles. The van der Waals surface area contributed by atoms with Crippen molar-refractivity contribution in [3.05, 3.63) is 77.7 Å². The average Bonchev–Trinajstić information content (AvgIpc) is 3.27. The molecule has 0 spiro atoms. The molecule has 1 atom stereocenters. The zero-order valence-electron chi connectivity index (χ0n) is 23.9. The molecule has 0 bridgehead atoms. The van der Waals surface area contributed by atoms with Gasteiger partial charge in [0.05, 0.1) is 18.1 Å². The van der Waals surface area contributed by atoms with Gasteiger partial charge in [0.1, 0.15) is 5.69 Å². The van der Waals surface area contributed by atoms with Crippen molar-refractivity contribution < 1.29 is 4.39 Å². The number of rotatable bonds is 6. The standard InChI is InChI=1S/C34H43FN4/c1-23-17-18-36-26(4)25(3)34-33(32(19-23)38-21-29(20-35)22-38)27(5)39(37-34)24(2)11-12-28-13-15-31(16-14-28)30-9-7-6-8-10-30/h11-16,19,23,29-30H,2-3,6-10,17-18,20-22H2,1,4-5H3/b12-11+,32-19+,36-26?. The van der Waals surface area contributed by atoms with Crippen molar-refractivity contribution >= 4 is 28.8 Å². The molecule has 3 heterocycles. The van der Waals surface area contributed by atoms with Crippen molar-refractivity contribution in [2.24, 2.45) is 16.8 Å². The quantitative estimate of drug-likeness (QED) is 0.356. The maximum atomic E-state index is 13.3. The minimum Gasteiger partial charge on any atom is -0.370 e. The molecule has 4 nitrogen and oxygen atoms in total. The van der Waals surface area contributed by atoms with Gasteiger partial charge >= 0.3 is 0 Å². The number of fused-ring (bicyclic) bond motifs is 1. The Bertz CT molecular complexity index is 1300. The third-order valence-corrected chi connectivity index (χ3v) is 8.74. The highest BCUT2D eigenvalue weighted by molar-refractivity contribution is 6.22. The largest absolute Gasteiger partial charge is 0.370 e. The average molecular weight is 527 g/mol.